The molecule has 1 N–H and O–H groups in total. The van der Waals surface area contributed by atoms with Crippen molar-refractivity contribution in [3.05, 3.63) is 35.9 Å². The zero-order valence-electron chi connectivity index (χ0n) is 9.67. The van der Waals surface area contributed by atoms with Gasteiger partial charge in [0.25, 0.3) is 0 Å². The molecule has 0 saturated carbocycles. The van der Waals surface area contributed by atoms with E-state index in [-0.39, 0.29) is 18.8 Å². The van der Waals surface area contributed by atoms with Crippen molar-refractivity contribution in [2.45, 2.75) is 25.7 Å². The number of rotatable bonds is 3. The highest BCUT2D eigenvalue weighted by atomic mass is 16.5. The molecule has 0 amide bonds. The van der Waals surface area contributed by atoms with Crippen LogP contribution < -0.4 is 0 Å². The van der Waals surface area contributed by atoms with E-state index in [1.54, 1.807) is 0 Å². The van der Waals surface area contributed by atoms with E-state index in [1.165, 1.54) is 5.56 Å². The molecule has 2 rings (SSSR count). The molecular weight excluding hydrogens is 202 g/mol. The summed E-state index contributed by atoms with van der Waals surface area (Å²) in [7, 11) is 0. The van der Waals surface area contributed by atoms with Gasteiger partial charge in [-0.05, 0) is 12.5 Å². The summed E-state index contributed by atoms with van der Waals surface area (Å²) in [5, 5.41) is 9.14. The summed E-state index contributed by atoms with van der Waals surface area (Å²) < 4.78 is 5.61. The summed E-state index contributed by atoms with van der Waals surface area (Å²) in [6.07, 6.45) is 0.169. The van der Waals surface area contributed by atoms with E-state index in [9.17, 15) is 0 Å². The standard InChI is InChI=1S/C13H19NO2/c1-11-7-14(9-13(10-15)16-11)8-12-5-3-2-4-6-12/h2-6,11,13,15H,7-10H2,1H3/t11-,13+/m1/s1. The first-order valence-electron chi connectivity index (χ1n) is 5.80. The average Bonchev–Trinajstić information content (AvgIpc) is 2.29. The van der Waals surface area contributed by atoms with Crippen molar-refractivity contribution in [3.63, 3.8) is 0 Å². The minimum absolute atomic E-state index is 0.0348. The van der Waals surface area contributed by atoms with Crippen molar-refractivity contribution >= 4 is 0 Å². The fourth-order valence-corrected chi connectivity index (χ4v) is 2.21. The maximum atomic E-state index is 9.14. The largest absolute Gasteiger partial charge is 0.394 e. The maximum Gasteiger partial charge on any atom is 0.0936 e. The van der Waals surface area contributed by atoms with Crippen LogP contribution in [0, 0.1) is 0 Å². The van der Waals surface area contributed by atoms with Crippen molar-refractivity contribution < 1.29 is 9.84 Å². The summed E-state index contributed by atoms with van der Waals surface area (Å²) in [5.74, 6) is 0. The van der Waals surface area contributed by atoms with Gasteiger partial charge < -0.3 is 9.84 Å². The average molecular weight is 221 g/mol. The lowest BCUT2D eigenvalue weighted by atomic mass is 10.1. The number of ether oxygens (including phenoxy) is 1. The van der Waals surface area contributed by atoms with Gasteiger partial charge in [-0.3, -0.25) is 4.90 Å². The van der Waals surface area contributed by atoms with E-state index in [4.69, 9.17) is 9.84 Å². The molecule has 2 atom stereocenters. The Morgan fingerprint density at radius 3 is 2.75 bits per heavy atom. The van der Waals surface area contributed by atoms with E-state index in [2.05, 4.69) is 36.1 Å². The van der Waals surface area contributed by atoms with Crippen molar-refractivity contribution in [3.8, 4) is 0 Å². The molecule has 0 bridgehead atoms. The Morgan fingerprint density at radius 2 is 2.06 bits per heavy atom. The van der Waals surface area contributed by atoms with Crippen LogP contribution >= 0.6 is 0 Å². The first-order chi connectivity index (χ1) is 7.78. The molecule has 1 aliphatic heterocycles. The Kier molecular flexibility index (Phi) is 3.93. The van der Waals surface area contributed by atoms with Gasteiger partial charge in [0.15, 0.2) is 0 Å². The van der Waals surface area contributed by atoms with Gasteiger partial charge in [-0.25, -0.2) is 0 Å². The molecule has 1 aromatic carbocycles. The van der Waals surface area contributed by atoms with Gasteiger partial charge in [0.05, 0.1) is 18.8 Å². The van der Waals surface area contributed by atoms with Crippen LogP contribution in [0.15, 0.2) is 30.3 Å². The monoisotopic (exact) mass is 221 g/mol. The molecular formula is C13H19NO2. The van der Waals surface area contributed by atoms with Crippen molar-refractivity contribution in [1.29, 1.82) is 0 Å². The minimum Gasteiger partial charge on any atom is -0.394 e. The molecule has 88 valence electrons. The van der Waals surface area contributed by atoms with Gasteiger partial charge in [-0.1, -0.05) is 30.3 Å². The third kappa shape index (κ3) is 3.04. The van der Waals surface area contributed by atoms with E-state index in [1.807, 2.05) is 6.07 Å². The van der Waals surface area contributed by atoms with Gasteiger partial charge in [0.2, 0.25) is 0 Å². The lowest BCUT2D eigenvalue weighted by Gasteiger charge is -2.36. The first-order valence-corrected chi connectivity index (χ1v) is 5.80. The summed E-state index contributed by atoms with van der Waals surface area (Å²) in [5.41, 5.74) is 1.31. The Labute approximate surface area is 96.6 Å². The lowest BCUT2D eigenvalue weighted by molar-refractivity contribution is -0.0972. The quantitative estimate of drug-likeness (QED) is 0.834. The van der Waals surface area contributed by atoms with Gasteiger partial charge in [0, 0.05) is 19.6 Å². The van der Waals surface area contributed by atoms with E-state index in [0.717, 1.165) is 19.6 Å². The molecule has 1 saturated heterocycles. The second kappa shape index (κ2) is 5.43. The molecule has 1 aromatic rings. The predicted octanol–water partition coefficient (Wildman–Crippen LogP) is 1.27. The zero-order chi connectivity index (χ0) is 11.4. The molecule has 0 spiro atoms. The van der Waals surface area contributed by atoms with Gasteiger partial charge in [-0.2, -0.15) is 0 Å². The number of morpholine rings is 1. The van der Waals surface area contributed by atoms with Crippen LogP contribution in [-0.2, 0) is 11.3 Å². The van der Waals surface area contributed by atoms with Gasteiger partial charge >= 0.3 is 0 Å². The van der Waals surface area contributed by atoms with Crippen LogP contribution in [0.4, 0.5) is 0 Å². The number of hydrogen-bond acceptors (Lipinski definition) is 3. The van der Waals surface area contributed by atoms with Crippen LogP contribution in [0.5, 0.6) is 0 Å². The Morgan fingerprint density at radius 1 is 1.31 bits per heavy atom. The van der Waals surface area contributed by atoms with E-state index >= 15 is 0 Å². The highest BCUT2D eigenvalue weighted by molar-refractivity contribution is 5.14. The number of hydrogen-bond donors (Lipinski definition) is 1. The van der Waals surface area contributed by atoms with Crippen molar-refractivity contribution in [1.82, 2.24) is 4.90 Å². The molecule has 0 aromatic heterocycles. The molecule has 0 radical (unpaired) electrons. The number of aliphatic hydroxyl groups is 1. The second-order valence-electron chi connectivity index (χ2n) is 4.43. The van der Waals surface area contributed by atoms with Gasteiger partial charge in [0.1, 0.15) is 0 Å². The van der Waals surface area contributed by atoms with E-state index < -0.39 is 0 Å². The first kappa shape index (κ1) is 11.6. The van der Waals surface area contributed by atoms with Crippen LogP contribution in [0.3, 0.4) is 0 Å². The Bertz CT molecular complexity index is 315. The topological polar surface area (TPSA) is 32.7 Å². The minimum atomic E-state index is -0.0348. The SMILES string of the molecule is C[C@@H]1CN(Cc2ccccc2)C[C@@H](CO)O1. The third-order valence-electron chi connectivity index (χ3n) is 2.85. The Balaban J connectivity index is 1.94. The summed E-state index contributed by atoms with van der Waals surface area (Å²) in [6, 6.07) is 10.4. The smallest absolute Gasteiger partial charge is 0.0936 e. The normalized spacial score (nSPS) is 26.9. The molecule has 1 heterocycles. The van der Waals surface area contributed by atoms with E-state index in [0.29, 0.717) is 0 Å². The molecule has 0 unspecified atom stereocenters. The van der Waals surface area contributed by atoms with Crippen LogP contribution in [-0.4, -0.2) is 41.9 Å². The predicted molar refractivity (Wildman–Crippen MR) is 63.1 cm³/mol. The molecule has 3 nitrogen and oxygen atoms in total. The third-order valence-corrected chi connectivity index (χ3v) is 2.85. The van der Waals surface area contributed by atoms with Crippen LogP contribution in [0.2, 0.25) is 0 Å². The number of aliphatic hydroxyl groups excluding tert-OH is 1. The van der Waals surface area contributed by atoms with Crippen LogP contribution in [0.25, 0.3) is 0 Å². The van der Waals surface area contributed by atoms with Crippen molar-refractivity contribution in [2.24, 2.45) is 0 Å². The van der Waals surface area contributed by atoms with Crippen LogP contribution in [0.1, 0.15) is 12.5 Å². The molecule has 0 aliphatic carbocycles. The summed E-state index contributed by atoms with van der Waals surface area (Å²) in [6.45, 7) is 4.85. The Hall–Kier alpha value is -0.900. The lowest BCUT2D eigenvalue weighted by Crippen LogP contribution is -2.47. The molecule has 3 heteroatoms. The fraction of sp³-hybridized carbons (Fsp3) is 0.538. The van der Waals surface area contributed by atoms with Gasteiger partial charge in [-0.15, -0.1) is 0 Å². The molecule has 16 heavy (non-hydrogen) atoms. The zero-order valence-corrected chi connectivity index (χ0v) is 9.67. The number of nitrogens with zero attached hydrogens (tertiary/aromatic N) is 1. The summed E-state index contributed by atoms with van der Waals surface area (Å²) in [4.78, 5) is 2.34. The second-order valence-corrected chi connectivity index (χ2v) is 4.43. The maximum absolute atomic E-state index is 9.14. The van der Waals surface area contributed by atoms with Crippen molar-refractivity contribution in [2.75, 3.05) is 19.7 Å². The fourth-order valence-electron chi connectivity index (χ4n) is 2.21. The highest BCUT2D eigenvalue weighted by Crippen LogP contribution is 2.13. The summed E-state index contributed by atoms with van der Waals surface area (Å²) >= 11 is 0. The molecule has 1 fully saturated rings. The molecule has 1 aliphatic rings. The highest BCUT2D eigenvalue weighted by Gasteiger charge is 2.24. The number of benzene rings is 1.